The van der Waals surface area contributed by atoms with Crippen LogP contribution in [-0.4, -0.2) is 134 Å². The second kappa shape index (κ2) is 18.9. The normalized spacial score (nSPS) is 18.6. The van der Waals surface area contributed by atoms with E-state index in [0.717, 1.165) is 9.80 Å². The molecule has 0 spiro atoms. The van der Waals surface area contributed by atoms with Crippen molar-refractivity contribution in [3.63, 3.8) is 0 Å². The van der Waals surface area contributed by atoms with Gasteiger partial charge in [-0.25, -0.2) is 0 Å². The number of hydrogen-bond donors (Lipinski definition) is 0. The van der Waals surface area contributed by atoms with Crippen LogP contribution in [-0.2, 0) is 28.5 Å². The molecule has 14 heteroatoms. The predicted molar refractivity (Wildman–Crippen MR) is 209 cm³/mol. The lowest BCUT2D eigenvalue weighted by Crippen LogP contribution is -2.47. The van der Waals surface area contributed by atoms with Gasteiger partial charge in [0.15, 0.2) is 0 Å². The summed E-state index contributed by atoms with van der Waals surface area (Å²) in [6.07, 6.45) is 0. The highest BCUT2D eigenvalue weighted by atomic mass is 16.5. The van der Waals surface area contributed by atoms with Gasteiger partial charge in [-0.05, 0) is 35.4 Å². The van der Waals surface area contributed by atoms with Gasteiger partial charge in [0.1, 0.15) is 12.1 Å². The van der Waals surface area contributed by atoms with Gasteiger partial charge in [0.2, 0.25) is 0 Å². The molecule has 7 rings (SSSR count). The largest absolute Gasteiger partial charge is 0.377 e. The third-order valence-corrected chi connectivity index (χ3v) is 10.3. The first-order valence-corrected chi connectivity index (χ1v) is 19.3. The van der Waals surface area contributed by atoms with E-state index in [1.807, 2.05) is 0 Å². The fraction of sp³-hybridized carbons (Fsp3) is 0.318. The molecule has 0 aromatic heterocycles. The van der Waals surface area contributed by atoms with Crippen molar-refractivity contribution in [2.75, 3.05) is 79.0 Å². The number of carbonyl (C=O) groups excluding carboxylic acids is 6. The zero-order valence-electron chi connectivity index (χ0n) is 31.9. The molecule has 0 radical (unpaired) electrons. The van der Waals surface area contributed by atoms with Crippen molar-refractivity contribution in [3.05, 3.63) is 143 Å². The van der Waals surface area contributed by atoms with Gasteiger partial charge in [-0.15, -0.1) is 0 Å². The van der Waals surface area contributed by atoms with Crippen molar-refractivity contribution in [2.24, 2.45) is 0 Å². The second-order valence-corrected chi connectivity index (χ2v) is 13.8. The molecule has 0 unspecified atom stereocenters. The van der Waals surface area contributed by atoms with Gasteiger partial charge in [0.05, 0.1) is 75.1 Å². The molecule has 0 N–H and O–H groups in total. The first kappa shape index (κ1) is 40.1. The lowest BCUT2D eigenvalue weighted by molar-refractivity contribution is -0.138. The Balaban J connectivity index is 1.01. The zero-order chi connectivity index (χ0) is 40.4. The summed E-state index contributed by atoms with van der Waals surface area (Å²) >= 11 is 0. The van der Waals surface area contributed by atoms with E-state index in [9.17, 15) is 28.8 Å². The van der Waals surface area contributed by atoms with E-state index in [2.05, 4.69) is 0 Å². The maximum absolute atomic E-state index is 14.4. The number of carbonyl (C=O) groups is 6. The molecule has 0 bridgehead atoms. The maximum atomic E-state index is 14.4. The molecule has 4 aromatic carbocycles. The Bertz CT molecular complexity index is 1890. The Kier molecular flexibility index (Phi) is 13.1. The van der Waals surface area contributed by atoms with Crippen LogP contribution in [0.15, 0.2) is 109 Å². The third-order valence-electron chi connectivity index (χ3n) is 10.3. The van der Waals surface area contributed by atoms with E-state index in [1.54, 1.807) is 109 Å². The molecule has 4 aromatic rings. The van der Waals surface area contributed by atoms with Crippen LogP contribution in [0.3, 0.4) is 0 Å². The summed E-state index contributed by atoms with van der Waals surface area (Å²) in [4.78, 5) is 88.3. The fourth-order valence-corrected chi connectivity index (χ4v) is 7.31. The van der Waals surface area contributed by atoms with Crippen molar-refractivity contribution in [3.8, 4) is 0 Å². The summed E-state index contributed by atoms with van der Waals surface area (Å²) in [5, 5.41) is 0. The molecular weight excluding hydrogens is 745 g/mol. The zero-order valence-corrected chi connectivity index (χ0v) is 31.9. The van der Waals surface area contributed by atoms with E-state index < -0.39 is 47.5 Å². The van der Waals surface area contributed by atoms with Gasteiger partial charge in [-0.1, -0.05) is 84.9 Å². The average Bonchev–Trinajstić information content (AvgIpc) is 3.65. The summed E-state index contributed by atoms with van der Waals surface area (Å²) in [6.45, 7) is 1.82. The van der Waals surface area contributed by atoms with Gasteiger partial charge in [-0.2, -0.15) is 0 Å². The monoisotopic (exact) mass is 788 g/mol. The Morgan fingerprint density at radius 3 is 0.914 bits per heavy atom. The summed E-state index contributed by atoms with van der Waals surface area (Å²) in [6, 6.07) is 28.1. The van der Waals surface area contributed by atoms with E-state index in [-0.39, 0.29) is 101 Å². The summed E-state index contributed by atoms with van der Waals surface area (Å²) in [7, 11) is 0. The molecule has 14 nitrogen and oxygen atoms in total. The van der Waals surface area contributed by atoms with Crippen LogP contribution in [0.4, 0.5) is 0 Å². The number of fused-ring (bicyclic) bond motifs is 2. The average molecular weight is 789 g/mol. The highest BCUT2D eigenvalue weighted by Gasteiger charge is 2.46. The van der Waals surface area contributed by atoms with Crippen molar-refractivity contribution in [1.82, 2.24) is 19.6 Å². The fourth-order valence-electron chi connectivity index (χ4n) is 7.31. The van der Waals surface area contributed by atoms with Crippen molar-refractivity contribution < 1.29 is 47.7 Å². The Labute approximate surface area is 335 Å². The SMILES string of the molecule is O=C([C@H](c1ccccc1)N1C(=O)c2ccccc2C1=O)N1CCOCCOCCN(C(=O)[C@@H](c2ccccc2)N2C(=O)c3ccccc3C2=O)CCOCCOCC1. The summed E-state index contributed by atoms with van der Waals surface area (Å²) < 4.78 is 23.5. The van der Waals surface area contributed by atoms with Crippen LogP contribution >= 0.6 is 0 Å². The van der Waals surface area contributed by atoms with Crippen LogP contribution in [0.5, 0.6) is 0 Å². The van der Waals surface area contributed by atoms with E-state index in [0.29, 0.717) is 11.1 Å². The van der Waals surface area contributed by atoms with Crippen LogP contribution in [0.2, 0.25) is 0 Å². The van der Waals surface area contributed by atoms with Crippen molar-refractivity contribution >= 4 is 35.4 Å². The van der Waals surface area contributed by atoms with Gasteiger partial charge < -0.3 is 28.7 Å². The number of amides is 6. The number of nitrogens with zero attached hydrogens (tertiary/aromatic N) is 4. The molecule has 0 aliphatic carbocycles. The molecule has 3 heterocycles. The van der Waals surface area contributed by atoms with Gasteiger partial charge in [0, 0.05) is 26.2 Å². The number of ether oxygens (including phenoxy) is 4. The summed E-state index contributed by atoms with van der Waals surface area (Å²) in [5.74, 6) is -3.05. The van der Waals surface area contributed by atoms with E-state index in [4.69, 9.17) is 18.9 Å². The molecule has 0 saturated carbocycles. The standard InChI is InChI=1S/C44H44N4O10/c49-39-33-15-7-8-16-34(33)40(50)47(39)37(31-11-3-1-4-12-31)43(53)45-19-23-55-27-29-57-25-21-46(22-26-58-30-28-56-24-20-45)44(54)38(32-13-5-2-6-14-32)48-41(51)35-17-9-10-18-36(35)42(48)52/h1-18,37-38H,19-30H2/t37-,38+. The van der Waals surface area contributed by atoms with Crippen molar-refractivity contribution in [2.45, 2.75) is 12.1 Å². The number of imide groups is 2. The predicted octanol–water partition coefficient (Wildman–Crippen LogP) is 3.80. The van der Waals surface area contributed by atoms with E-state index >= 15 is 0 Å². The molecule has 1 fully saturated rings. The quantitative estimate of drug-likeness (QED) is 0.264. The lowest BCUT2D eigenvalue weighted by Gasteiger charge is -2.32. The van der Waals surface area contributed by atoms with Gasteiger partial charge >= 0.3 is 0 Å². The first-order chi connectivity index (χ1) is 28.4. The van der Waals surface area contributed by atoms with E-state index in [1.165, 1.54) is 9.80 Å². The van der Waals surface area contributed by atoms with Gasteiger partial charge in [0.25, 0.3) is 35.4 Å². The Morgan fingerprint density at radius 1 is 0.379 bits per heavy atom. The van der Waals surface area contributed by atoms with Crippen LogP contribution in [0, 0.1) is 0 Å². The molecule has 3 aliphatic rings. The maximum Gasteiger partial charge on any atom is 0.262 e. The van der Waals surface area contributed by atoms with Crippen molar-refractivity contribution in [1.29, 1.82) is 0 Å². The highest BCUT2D eigenvalue weighted by Crippen LogP contribution is 2.34. The minimum atomic E-state index is -1.21. The molecule has 58 heavy (non-hydrogen) atoms. The molecule has 1 saturated heterocycles. The number of benzene rings is 4. The van der Waals surface area contributed by atoms with Gasteiger partial charge in [-0.3, -0.25) is 38.6 Å². The van der Waals surface area contributed by atoms with Crippen LogP contribution < -0.4 is 0 Å². The molecule has 3 aliphatic heterocycles. The summed E-state index contributed by atoms with van der Waals surface area (Å²) in [5.41, 5.74) is 1.99. The lowest BCUT2D eigenvalue weighted by atomic mass is 10.0. The molecule has 6 amide bonds. The number of hydrogen-bond acceptors (Lipinski definition) is 10. The molecular formula is C44H44N4O10. The Morgan fingerprint density at radius 2 is 0.638 bits per heavy atom. The first-order valence-electron chi connectivity index (χ1n) is 19.3. The topological polar surface area (TPSA) is 152 Å². The van der Waals surface area contributed by atoms with Crippen LogP contribution in [0.1, 0.15) is 64.6 Å². The third kappa shape index (κ3) is 8.60. The molecule has 2 atom stereocenters. The van der Waals surface area contributed by atoms with Crippen LogP contribution in [0.25, 0.3) is 0 Å². The Hall–Kier alpha value is -6.06. The minimum Gasteiger partial charge on any atom is -0.377 e. The minimum absolute atomic E-state index is 0.130. The smallest absolute Gasteiger partial charge is 0.262 e. The highest BCUT2D eigenvalue weighted by molar-refractivity contribution is 6.23. The second-order valence-electron chi connectivity index (χ2n) is 13.8. The molecule has 300 valence electrons. The number of rotatable bonds is 6.